The number of carboxylic acid groups (broad SMARTS) is 1. The van der Waals surface area contributed by atoms with E-state index in [-0.39, 0.29) is 18.0 Å². The number of benzene rings is 2. The zero-order chi connectivity index (χ0) is 20.5. The molecule has 8 heteroatoms. The first kappa shape index (κ1) is 20.3. The van der Waals surface area contributed by atoms with Crippen molar-refractivity contribution in [2.75, 3.05) is 13.1 Å². The SMILES string of the molecule is Cc1ccc([C@H](NC(=O)O)[C@H]2CN(S(=O)(=O)c3ccc(C)cc3)C[C@H]2O)cc1. The molecule has 3 rings (SSSR count). The lowest BCUT2D eigenvalue weighted by molar-refractivity contribution is 0.119. The van der Waals surface area contributed by atoms with Gasteiger partial charge in [0.25, 0.3) is 0 Å². The highest BCUT2D eigenvalue weighted by molar-refractivity contribution is 7.89. The van der Waals surface area contributed by atoms with E-state index >= 15 is 0 Å². The highest BCUT2D eigenvalue weighted by Crippen LogP contribution is 2.33. The van der Waals surface area contributed by atoms with E-state index in [4.69, 9.17) is 0 Å². The van der Waals surface area contributed by atoms with Crippen molar-refractivity contribution >= 4 is 16.1 Å². The first-order valence-corrected chi connectivity index (χ1v) is 10.4. The van der Waals surface area contributed by atoms with Gasteiger partial charge >= 0.3 is 6.09 Å². The normalized spacial score (nSPS) is 21.4. The zero-order valence-electron chi connectivity index (χ0n) is 15.7. The number of aliphatic hydroxyl groups excluding tert-OH is 1. The van der Waals surface area contributed by atoms with E-state index in [2.05, 4.69) is 5.32 Å². The molecule has 0 bridgehead atoms. The van der Waals surface area contributed by atoms with Gasteiger partial charge < -0.3 is 15.5 Å². The lowest BCUT2D eigenvalue weighted by atomic mass is 9.90. The molecule has 0 aliphatic carbocycles. The quantitative estimate of drug-likeness (QED) is 0.709. The summed E-state index contributed by atoms with van der Waals surface area (Å²) in [6.07, 6.45) is -2.21. The van der Waals surface area contributed by atoms with Crippen molar-refractivity contribution in [3.8, 4) is 0 Å². The zero-order valence-corrected chi connectivity index (χ0v) is 16.6. The summed E-state index contributed by atoms with van der Waals surface area (Å²) in [5.41, 5.74) is 2.66. The summed E-state index contributed by atoms with van der Waals surface area (Å²) < 4.78 is 27.1. The number of aryl methyl sites for hydroxylation is 2. The molecule has 3 atom stereocenters. The van der Waals surface area contributed by atoms with Crippen LogP contribution < -0.4 is 5.32 Å². The molecule has 150 valence electrons. The minimum atomic E-state index is -3.77. The Morgan fingerprint density at radius 2 is 1.57 bits per heavy atom. The predicted molar refractivity (Wildman–Crippen MR) is 105 cm³/mol. The van der Waals surface area contributed by atoms with E-state index in [1.807, 2.05) is 26.0 Å². The van der Waals surface area contributed by atoms with E-state index in [0.717, 1.165) is 11.1 Å². The first-order chi connectivity index (χ1) is 13.2. The van der Waals surface area contributed by atoms with Gasteiger partial charge in [-0.25, -0.2) is 13.2 Å². The lowest BCUT2D eigenvalue weighted by Gasteiger charge is -2.26. The van der Waals surface area contributed by atoms with Gasteiger partial charge in [-0.1, -0.05) is 47.5 Å². The summed E-state index contributed by atoms with van der Waals surface area (Å²) in [5.74, 6) is -0.598. The Labute approximate surface area is 164 Å². The van der Waals surface area contributed by atoms with Crippen LogP contribution >= 0.6 is 0 Å². The van der Waals surface area contributed by atoms with Crippen molar-refractivity contribution in [2.24, 2.45) is 5.92 Å². The third-order valence-electron chi connectivity index (χ3n) is 5.10. The van der Waals surface area contributed by atoms with Crippen LogP contribution in [-0.4, -0.2) is 48.2 Å². The maximum absolute atomic E-state index is 12.9. The molecular formula is C20H24N2O5S. The largest absolute Gasteiger partial charge is 0.465 e. The third-order valence-corrected chi connectivity index (χ3v) is 6.95. The molecule has 0 saturated carbocycles. The van der Waals surface area contributed by atoms with Gasteiger partial charge in [0.2, 0.25) is 10.0 Å². The van der Waals surface area contributed by atoms with Crippen LogP contribution in [0.5, 0.6) is 0 Å². The first-order valence-electron chi connectivity index (χ1n) is 8.99. The number of nitrogens with zero attached hydrogens (tertiary/aromatic N) is 1. The molecular weight excluding hydrogens is 380 g/mol. The molecule has 2 aromatic carbocycles. The number of aliphatic hydroxyl groups is 1. The Morgan fingerprint density at radius 1 is 1.04 bits per heavy atom. The fourth-order valence-corrected chi connectivity index (χ4v) is 5.00. The minimum Gasteiger partial charge on any atom is -0.465 e. The lowest BCUT2D eigenvalue weighted by Crippen LogP contribution is -2.37. The van der Waals surface area contributed by atoms with Crippen LogP contribution in [0.25, 0.3) is 0 Å². The number of rotatable bonds is 5. The molecule has 2 aromatic rings. The Kier molecular flexibility index (Phi) is 5.74. The van der Waals surface area contributed by atoms with Gasteiger partial charge in [0.05, 0.1) is 17.0 Å². The Morgan fingerprint density at radius 3 is 2.11 bits per heavy atom. The van der Waals surface area contributed by atoms with Gasteiger partial charge in [-0.3, -0.25) is 0 Å². The van der Waals surface area contributed by atoms with Crippen LogP contribution in [0.4, 0.5) is 4.79 Å². The van der Waals surface area contributed by atoms with Crippen molar-refractivity contribution in [3.05, 3.63) is 65.2 Å². The van der Waals surface area contributed by atoms with E-state index in [1.54, 1.807) is 24.3 Å². The van der Waals surface area contributed by atoms with Crippen molar-refractivity contribution < 1.29 is 23.4 Å². The number of sulfonamides is 1. The molecule has 0 unspecified atom stereocenters. The second-order valence-electron chi connectivity index (χ2n) is 7.20. The van der Waals surface area contributed by atoms with Crippen molar-refractivity contribution in [1.82, 2.24) is 9.62 Å². The van der Waals surface area contributed by atoms with Gasteiger partial charge in [0.1, 0.15) is 0 Å². The molecule has 1 heterocycles. The van der Waals surface area contributed by atoms with E-state index in [9.17, 15) is 23.4 Å². The molecule has 0 radical (unpaired) electrons. The molecule has 7 nitrogen and oxygen atoms in total. The number of carbonyl (C=O) groups is 1. The van der Waals surface area contributed by atoms with Gasteiger partial charge in [-0.2, -0.15) is 4.31 Å². The topological polar surface area (TPSA) is 107 Å². The van der Waals surface area contributed by atoms with Crippen LogP contribution in [0, 0.1) is 19.8 Å². The van der Waals surface area contributed by atoms with Gasteiger partial charge in [-0.05, 0) is 31.5 Å². The van der Waals surface area contributed by atoms with Crippen LogP contribution in [0.2, 0.25) is 0 Å². The second kappa shape index (κ2) is 7.90. The van der Waals surface area contributed by atoms with E-state index < -0.39 is 34.2 Å². The van der Waals surface area contributed by atoms with Gasteiger partial charge in [-0.15, -0.1) is 0 Å². The fourth-order valence-electron chi connectivity index (χ4n) is 3.50. The molecule has 1 saturated heterocycles. The minimum absolute atomic E-state index is 0.0240. The highest BCUT2D eigenvalue weighted by atomic mass is 32.2. The molecule has 0 spiro atoms. The summed E-state index contributed by atoms with van der Waals surface area (Å²) in [7, 11) is -3.77. The number of hydrogen-bond donors (Lipinski definition) is 3. The smallest absolute Gasteiger partial charge is 0.405 e. The summed E-state index contributed by atoms with van der Waals surface area (Å²) in [6, 6.07) is 13.1. The van der Waals surface area contributed by atoms with Crippen LogP contribution in [-0.2, 0) is 10.0 Å². The molecule has 0 aromatic heterocycles. The second-order valence-corrected chi connectivity index (χ2v) is 9.14. The van der Waals surface area contributed by atoms with Crippen molar-refractivity contribution in [3.63, 3.8) is 0 Å². The van der Waals surface area contributed by atoms with Gasteiger partial charge in [0.15, 0.2) is 0 Å². The van der Waals surface area contributed by atoms with Crippen LogP contribution in [0.3, 0.4) is 0 Å². The molecule has 28 heavy (non-hydrogen) atoms. The fraction of sp³-hybridized carbons (Fsp3) is 0.350. The Balaban J connectivity index is 1.88. The Bertz CT molecular complexity index is 942. The average molecular weight is 404 g/mol. The molecule has 1 amide bonds. The molecule has 1 aliphatic rings. The van der Waals surface area contributed by atoms with Crippen LogP contribution in [0.15, 0.2) is 53.4 Å². The van der Waals surface area contributed by atoms with Gasteiger partial charge in [0, 0.05) is 19.0 Å². The molecule has 3 N–H and O–H groups in total. The predicted octanol–water partition coefficient (Wildman–Crippen LogP) is 2.29. The van der Waals surface area contributed by atoms with Crippen molar-refractivity contribution in [2.45, 2.75) is 30.9 Å². The number of amides is 1. The summed E-state index contributed by atoms with van der Waals surface area (Å²) in [5, 5.41) is 22.3. The molecule has 1 aliphatic heterocycles. The summed E-state index contributed by atoms with van der Waals surface area (Å²) in [4.78, 5) is 11.5. The maximum atomic E-state index is 12.9. The number of β-amino-alcohol motifs (C(OH)–C–C–N with tert-alkyl or cyclic N) is 1. The van der Waals surface area contributed by atoms with E-state index in [0.29, 0.717) is 5.56 Å². The monoisotopic (exact) mass is 404 g/mol. The number of hydrogen-bond acceptors (Lipinski definition) is 4. The summed E-state index contributed by atoms with van der Waals surface area (Å²) >= 11 is 0. The Hall–Kier alpha value is -2.42. The van der Waals surface area contributed by atoms with Crippen LogP contribution in [0.1, 0.15) is 22.7 Å². The summed E-state index contributed by atoms with van der Waals surface area (Å²) in [6.45, 7) is 3.74. The standard InChI is InChI=1S/C20H24N2O5S/c1-13-3-7-15(8-4-13)19(21-20(24)25)17-11-22(12-18(17)23)28(26,27)16-9-5-14(2)6-10-16/h3-10,17-19,21,23H,11-12H2,1-2H3,(H,24,25)/t17-,18+,19-/m0/s1. The average Bonchev–Trinajstić information content (AvgIpc) is 3.03. The third kappa shape index (κ3) is 4.19. The maximum Gasteiger partial charge on any atom is 0.405 e. The van der Waals surface area contributed by atoms with E-state index in [1.165, 1.54) is 16.4 Å². The number of nitrogens with one attached hydrogen (secondary N) is 1. The van der Waals surface area contributed by atoms with Crippen molar-refractivity contribution in [1.29, 1.82) is 0 Å². The molecule has 1 fully saturated rings. The highest BCUT2D eigenvalue weighted by Gasteiger charge is 2.43.